The quantitative estimate of drug-likeness (QED) is 0.459. The van der Waals surface area contributed by atoms with Gasteiger partial charge in [0.05, 0.1) is 5.69 Å². The molecule has 0 spiro atoms. The van der Waals surface area contributed by atoms with Gasteiger partial charge in [-0.05, 0) is 61.7 Å². The fourth-order valence-electron chi connectivity index (χ4n) is 3.17. The second-order valence-electron chi connectivity index (χ2n) is 7.22. The monoisotopic (exact) mass is 416 g/mol. The van der Waals surface area contributed by atoms with Crippen LogP contribution in [0.25, 0.3) is 17.1 Å². The second kappa shape index (κ2) is 8.13. The number of carbonyl (C=O) groups excluding carboxylic acids is 1. The van der Waals surface area contributed by atoms with Crippen molar-refractivity contribution in [3.63, 3.8) is 0 Å². The van der Waals surface area contributed by atoms with Crippen molar-refractivity contribution >= 4 is 23.2 Å². The number of amides is 1. The average Bonchev–Trinajstić information content (AvgIpc) is 3.18. The Morgan fingerprint density at radius 1 is 0.900 bits per heavy atom. The normalized spacial score (nSPS) is 10.8. The Kier molecular flexibility index (Phi) is 5.38. The van der Waals surface area contributed by atoms with E-state index in [9.17, 15) is 4.79 Å². The van der Waals surface area contributed by atoms with Gasteiger partial charge in [0.2, 0.25) is 5.82 Å². The Balaban J connectivity index is 1.78. The minimum Gasteiger partial charge on any atom is -0.319 e. The molecule has 30 heavy (non-hydrogen) atoms. The van der Waals surface area contributed by atoms with E-state index < -0.39 is 0 Å². The van der Waals surface area contributed by atoms with Gasteiger partial charge in [-0.25, -0.2) is 9.67 Å². The summed E-state index contributed by atoms with van der Waals surface area (Å²) in [6.07, 6.45) is 0. The van der Waals surface area contributed by atoms with Crippen LogP contribution in [-0.2, 0) is 0 Å². The third-order valence-corrected chi connectivity index (χ3v) is 5.24. The van der Waals surface area contributed by atoms with E-state index in [1.54, 1.807) is 4.68 Å². The number of carbonyl (C=O) groups is 1. The zero-order valence-electron chi connectivity index (χ0n) is 17.0. The third kappa shape index (κ3) is 3.98. The largest absolute Gasteiger partial charge is 0.319 e. The van der Waals surface area contributed by atoms with Gasteiger partial charge in [-0.2, -0.15) is 0 Å². The van der Waals surface area contributed by atoms with Crippen molar-refractivity contribution < 1.29 is 4.79 Å². The molecule has 1 amide bonds. The summed E-state index contributed by atoms with van der Waals surface area (Å²) in [5.41, 5.74) is 5.58. The van der Waals surface area contributed by atoms with Crippen LogP contribution in [0.1, 0.15) is 27.3 Å². The van der Waals surface area contributed by atoms with Crippen LogP contribution in [0.2, 0.25) is 5.02 Å². The standard InChI is InChI=1S/C24H21ClN4O/c1-15-10-12-20(13-17(15)3)26-24(30)22-27-23(18-7-5-4-6-8-18)29(28-22)21-14-19(25)11-9-16(21)2/h4-14H,1-3H3,(H,26,30). The molecule has 0 saturated heterocycles. The zero-order valence-corrected chi connectivity index (χ0v) is 17.7. The van der Waals surface area contributed by atoms with Gasteiger partial charge in [0.1, 0.15) is 0 Å². The number of aryl methyl sites for hydroxylation is 3. The molecule has 6 heteroatoms. The van der Waals surface area contributed by atoms with Crippen molar-refractivity contribution in [2.45, 2.75) is 20.8 Å². The first-order chi connectivity index (χ1) is 14.4. The van der Waals surface area contributed by atoms with Gasteiger partial charge < -0.3 is 5.32 Å². The molecular weight excluding hydrogens is 396 g/mol. The molecule has 0 fully saturated rings. The Bertz CT molecular complexity index is 1230. The molecular formula is C24H21ClN4O. The molecule has 1 N–H and O–H groups in total. The molecule has 3 aromatic carbocycles. The molecule has 0 aliphatic rings. The highest BCUT2D eigenvalue weighted by Gasteiger charge is 2.20. The number of halogens is 1. The van der Waals surface area contributed by atoms with Crippen LogP contribution in [0.4, 0.5) is 5.69 Å². The second-order valence-corrected chi connectivity index (χ2v) is 7.66. The van der Waals surface area contributed by atoms with E-state index in [0.717, 1.165) is 27.9 Å². The molecule has 1 heterocycles. The highest BCUT2D eigenvalue weighted by molar-refractivity contribution is 6.30. The fourth-order valence-corrected chi connectivity index (χ4v) is 3.33. The number of hydrogen-bond donors (Lipinski definition) is 1. The van der Waals surface area contributed by atoms with E-state index in [1.165, 1.54) is 0 Å². The first kappa shape index (κ1) is 19.9. The van der Waals surface area contributed by atoms with Crippen LogP contribution >= 0.6 is 11.6 Å². The lowest BCUT2D eigenvalue weighted by molar-refractivity contribution is 0.101. The first-order valence-corrected chi connectivity index (χ1v) is 9.98. The van der Waals surface area contributed by atoms with Gasteiger partial charge in [-0.3, -0.25) is 4.79 Å². The maximum atomic E-state index is 12.9. The van der Waals surface area contributed by atoms with Crippen molar-refractivity contribution in [2.75, 3.05) is 5.32 Å². The van der Waals surface area contributed by atoms with Crippen LogP contribution in [0.3, 0.4) is 0 Å². The van der Waals surface area contributed by atoms with Crippen LogP contribution in [0, 0.1) is 20.8 Å². The average molecular weight is 417 g/mol. The fraction of sp³-hybridized carbons (Fsp3) is 0.125. The SMILES string of the molecule is Cc1ccc(NC(=O)c2nc(-c3ccccc3)n(-c3cc(Cl)ccc3C)n2)cc1C. The molecule has 0 saturated carbocycles. The lowest BCUT2D eigenvalue weighted by atomic mass is 10.1. The minimum atomic E-state index is -0.367. The van der Waals surface area contributed by atoms with Crippen molar-refractivity contribution in [3.8, 4) is 17.1 Å². The summed E-state index contributed by atoms with van der Waals surface area (Å²) >= 11 is 6.23. The van der Waals surface area contributed by atoms with Crippen LogP contribution < -0.4 is 5.32 Å². The maximum Gasteiger partial charge on any atom is 0.295 e. The minimum absolute atomic E-state index is 0.0893. The topological polar surface area (TPSA) is 59.8 Å². The van der Waals surface area contributed by atoms with Gasteiger partial charge in [-0.15, -0.1) is 5.10 Å². The molecule has 0 bridgehead atoms. The number of aromatic nitrogens is 3. The molecule has 150 valence electrons. The summed E-state index contributed by atoms with van der Waals surface area (Å²) in [6.45, 7) is 6.01. The zero-order chi connectivity index (χ0) is 21.3. The summed E-state index contributed by atoms with van der Waals surface area (Å²) in [5.74, 6) is 0.298. The Morgan fingerprint density at radius 3 is 2.37 bits per heavy atom. The number of hydrogen-bond acceptors (Lipinski definition) is 3. The smallest absolute Gasteiger partial charge is 0.295 e. The molecule has 0 aliphatic carbocycles. The maximum absolute atomic E-state index is 12.9. The van der Waals surface area contributed by atoms with Crippen molar-refractivity contribution in [2.24, 2.45) is 0 Å². The highest BCUT2D eigenvalue weighted by Crippen LogP contribution is 2.25. The molecule has 5 nitrogen and oxygen atoms in total. The molecule has 0 radical (unpaired) electrons. The van der Waals surface area contributed by atoms with E-state index in [0.29, 0.717) is 16.5 Å². The summed E-state index contributed by atoms with van der Waals surface area (Å²) in [7, 11) is 0. The molecule has 4 aromatic rings. The number of anilines is 1. The Morgan fingerprint density at radius 2 is 1.63 bits per heavy atom. The van der Waals surface area contributed by atoms with Crippen molar-refractivity contribution in [3.05, 3.63) is 94.3 Å². The van der Waals surface area contributed by atoms with E-state index in [2.05, 4.69) is 15.4 Å². The van der Waals surface area contributed by atoms with Crippen molar-refractivity contribution in [1.82, 2.24) is 14.8 Å². The predicted molar refractivity (Wildman–Crippen MR) is 120 cm³/mol. The van der Waals surface area contributed by atoms with Crippen LogP contribution in [0.5, 0.6) is 0 Å². The van der Waals surface area contributed by atoms with Crippen molar-refractivity contribution in [1.29, 1.82) is 0 Å². The van der Waals surface area contributed by atoms with Gasteiger partial charge in [0.15, 0.2) is 5.82 Å². The van der Waals surface area contributed by atoms with E-state index in [4.69, 9.17) is 11.6 Å². The van der Waals surface area contributed by atoms with Crippen LogP contribution in [-0.4, -0.2) is 20.7 Å². The summed E-state index contributed by atoms with van der Waals surface area (Å²) < 4.78 is 1.67. The molecule has 0 unspecified atom stereocenters. The lowest BCUT2D eigenvalue weighted by Gasteiger charge is -2.09. The third-order valence-electron chi connectivity index (χ3n) is 5.01. The summed E-state index contributed by atoms with van der Waals surface area (Å²) in [5, 5.41) is 8.01. The Hall–Kier alpha value is -3.44. The van der Waals surface area contributed by atoms with E-state index >= 15 is 0 Å². The molecule has 0 atom stereocenters. The number of nitrogens with zero attached hydrogens (tertiary/aromatic N) is 3. The summed E-state index contributed by atoms with van der Waals surface area (Å²) in [6, 6.07) is 21.0. The highest BCUT2D eigenvalue weighted by atomic mass is 35.5. The number of nitrogens with one attached hydrogen (secondary N) is 1. The molecule has 1 aromatic heterocycles. The van der Waals surface area contributed by atoms with Gasteiger partial charge >= 0.3 is 0 Å². The van der Waals surface area contributed by atoms with Gasteiger partial charge in [0.25, 0.3) is 5.91 Å². The Labute approximate surface area is 180 Å². The van der Waals surface area contributed by atoms with E-state index in [1.807, 2.05) is 87.5 Å². The predicted octanol–water partition coefficient (Wildman–Crippen LogP) is 5.77. The summed E-state index contributed by atoms with van der Waals surface area (Å²) in [4.78, 5) is 17.5. The number of rotatable bonds is 4. The van der Waals surface area contributed by atoms with Gasteiger partial charge in [0, 0.05) is 16.3 Å². The number of benzene rings is 3. The molecule has 0 aliphatic heterocycles. The first-order valence-electron chi connectivity index (χ1n) is 9.60. The lowest BCUT2D eigenvalue weighted by Crippen LogP contribution is -2.14. The van der Waals surface area contributed by atoms with Gasteiger partial charge in [-0.1, -0.05) is 54.1 Å². The van der Waals surface area contributed by atoms with Crippen LogP contribution in [0.15, 0.2) is 66.7 Å². The molecule has 4 rings (SSSR count). The van der Waals surface area contributed by atoms with E-state index in [-0.39, 0.29) is 11.7 Å².